The van der Waals surface area contributed by atoms with Crippen molar-refractivity contribution in [1.82, 2.24) is 0 Å². The summed E-state index contributed by atoms with van der Waals surface area (Å²) in [6.07, 6.45) is 1.41. The van der Waals surface area contributed by atoms with Crippen molar-refractivity contribution in [3.63, 3.8) is 0 Å². The highest BCUT2D eigenvalue weighted by molar-refractivity contribution is 5.58. The zero-order chi connectivity index (χ0) is 12.4. The van der Waals surface area contributed by atoms with Gasteiger partial charge in [0.15, 0.2) is 0 Å². The van der Waals surface area contributed by atoms with E-state index in [-0.39, 0.29) is 0 Å². The Balaban J connectivity index is 2.25. The van der Waals surface area contributed by atoms with Crippen molar-refractivity contribution in [2.75, 3.05) is 23.8 Å². The lowest BCUT2D eigenvalue weighted by molar-refractivity contribution is 0.0299. The molecule has 1 heterocycles. The number of nitrogens with zero attached hydrogens (tertiary/aromatic N) is 1. The van der Waals surface area contributed by atoms with Crippen molar-refractivity contribution < 1.29 is 4.74 Å². The van der Waals surface area contributed by atoms with Gasteiger partial charge in [-0.15, -0.1) is 0 Å². The highest BCUT2D eigenvalue weighted by atomic mass is 16.5. The molecule has 0 aliphatic carbocycles. The molecule has 1 aromatic carbocycles. The number of ether oxygens (including phenoxy) is 1. The molecule has 1 aliphatic rings. The molecular formula is C14H22N2O. The summed E-state index contributed by atoms with van der Waals surface area (Å²) in [6.45, 7) is 8.18. The lowest BCUT2D eigenvalue weighted by Crippen LogP contribution is -2.48. The molecule has 94 valence electrons. The standard InChI is InChI=1S/C14H22N2O/c1-4-12-9-17-11(3)8-16(12)13-5-6-14(15)10(2)7-13/h5-7,11-12H,4,8-9,15H2,1-3H3. The molecule has 0 aromatic heterocycles. The Morgan fingerprint density at radius 1 is 1.47 bits per heavy atom. The van der Waals surface area contributed by atoms with E-state index in [0.29, 0.717) is 12.1 Å². The van der Waals surface area contributed by atoms with Crippen molar-refractivity contribution in [3.05, 3.63) is 23.8 Å². The molecule has 2 unspecified atom stereocenters. The minimum absolute atomic E-state index is 0.302. The molecule has 1 aliphatic heterocycles. The van der Waals surface area contributed by atoms with Crippen molar-refractivity contribution >= 4 is 11.4 Å². The molecule has 3 heteroatoms. The lowest BCUT2D eigenvalue weighted by atomic mass is 10.1. The van der Waals surface area contributed by atoms with Crippen LogP contribution in [0.15, 0.2) is 18.2 Å². The van der Waals surface area contributed by atoms with Crippen LogP contribution in [0, 0.1) is 6.92 Å². The molecule has 2 rings (SSSR count). The molecule has 0 bridgehead atoms. The summed E-state index contributed by atoms with van der Waals surface area (Å²) in [4.78, 5) is 2.45. The average Bonchev–Trinajstić information content (AvgIpc) is 2.32. The summed E-state index contributed by atoms with van der Waals surface area (Å²) < 4.78 is 5.72. The summed E-state index contributed by atoms with van der Waals surface area (Å²) in [5.74, 6) is 0. The van der Waals surface area contributed by atoms with Crippen molar-refractivity contribution in [1.29, 1.82) is 0 Å². The van der Waals surface area contributed by atoms with Crippen LogP contribution >= 0.6 is 0 Å². The Bertz CT molecular complexity index is 392. The van der Waals surface area contributed by atoms with Gasteiger partial charge < -0.3 is 15.4 Å². The third-order valence-corrected chi connectivity index (χ3v) is 3.52. The number of nitrogen functional groups attached to an aromatic ring is 1. The van der Waals surface area contributed by atoms with Gasteiger partial charge in [0, 0.05) is 17.9 Å². The van der Waals surface area contributed by atoms with Gasteiger partial charge in [0.25, 0.3) is 0 Å². The number of morpholine rings is 1. The fourth-order valence-corrected chi connectivity index (χ4v) is 2.34. The van der Waals surface area contributed by atoms with Gasteiger partial charge in [0.05, 0.1) is 18.8 Å². The summed E-state index contributed by atoms with van der Waals surface area (Å²) >= 11 is 0. The van der Waals surface area contributed by atoms with Crippen LogP contribution in [0.2, 0.25) is 0 Å². The first-order valence-corrected chi connectivity index (χ1v) is 6.36. The van der Waals surface area contributed by atoms with Crippen LogP contribution in [0.5, 0.6) is 0 Å². The SMILES string of the molecule is CCC1COC(C)CN1c1ccc(N)c(C)c1. The smallest absolute Gasteiger partial charge is 0.0723 e. The maximum atomic E-state index is 5.87. The van der Waals surface area contributed by atoms with Gasteiger partial charge >= 0.3 is 0 Å². The van der Waals surface area contributed by atoms with E-state index in [9.17, 15) is 0 Å². The maximum absolute atomic E-state index is 5.87. The first-order chi connectivity index (χ1) is 8.11. The second-order valence-corrected chi connectivity index (χ2v) is 4.90. The average molecular weight is 234 g/mol. The van der Waals surface area contributed by atoms with Gasteiger partial charge in [-0.25, -0.2) is 0 Å². The molecule has 0 saturated carbocycles. The van der Waals surface area contributed by atoms with Gasteiger partial charge in [-0.05, 0) is 44.0 Å². The first-order valence-electron chi connectivity index (χ1n) is 6.36. The Kier molecular flexibility index (Phi) is 3.57. The molecule has 0 spiro atoms. The quantitative estimate of drug-likeness (QED) is 0.799. The van der Waals surface area contributed by atoms with E-state index < -0.39 is 0 Å². The minimum Gasteiger partial charge on any atom is -0.399 e. The highest BCUT2D eigenvalue weighted by Gasteiger charge is 2.25. The summed E-state index contributed by atoms with van der Waals surface area (Å²) in [6, 6.07) is 6.77. The van der Waals surface area contributed by atoms with E-state index in [1.165, 1.54) is 5.69 Å². The molecule has 1 aromatic rings. The van der Waals surface area contributed by atoms with E-state index in [2.05, 4.69) is 37.8 Å². The largest absolute Gasteiger partial charge is 0.399 e. The Labute approximate surface area is 104 Å². The Morgan fingerprint density at radius 2 is 2.24 bits per heavy atom. The summed E-state index contributed by atoms with van der Waals surface area (Å²) in [5.41, 5.74) is 9.15. The number of nitrogens with two attached hydrogens (primary N) is 1. The highest BCUT2D eigenvalue weighted by Crippen LogP contribution is 2.26. The van der Waals surface area contributed by atoms with Crippen LogP contribution in [-0.4, -0.2) is 25.3 Å². The van der Waals surface area contributed by atoms with Gasteiger partial charge in [-0.3, -0.25) is 0 Å². The maximum Gasteiger partial charge on any atom is 0.0723 e. The number of hydrogen-bond donors (Lipinski definition) is 1. The minimum atomic E-state index is 0.302. The van der Waals surface area contributed by atoms with E-state index in [4.69, 9.17) is 10.5 Å². The second kappa shape index (κ2) is 4.96. The topological polar surface area (TPSA) is 38.5 Å². The summed E-state index contributed by atoms with van der Waals surface area (Å²) in [7, 11) is 0. The fourth-order valence-electron chi connectivity index (χ4n) is 2.34. The number of hydrogen-bond acceptors (Lipinski definition) is 3. The number of rotatable bonds is 2. The third-order valence-electron chi connectivity index (χ3n) is 3.52. The molecule has 17 heavy (non-hydrogen) atoms. The predicted molar refractivity (Wildman–Crippen MR) is 72.4 cm³/mol. The predicted octanol–water partition coefficient (Wildman–Crippen LogP) is 2.58. The van der Waals surface area contributed by atoms with Crippen LogP contribution in [-0.2, 0) is 4.74 Å². The lowest BCUT2D eigenvalue weighted by Gasteiger charge is -2.40. The normalized spacial score (nSPS) is 25.0. The number of aryl methyl sites for hydroxylation is 1. The molecule has 0 radical (unpaired) electrons. The van der Waals surface area contributed by atoms with Gasteiger partial charge in [-0.1, -0.05) is 6.92 Å². The number of anilines is 2. The van der Waals surface area contributed by atoms with Crippen LogP contribution in [0.25, 0.3) is 0 Å². The second-order valence-electron chi connectivity index (χ2n) is 4.90. The van der Waals surface area contributed by atoms with Crippen LogP contribution in [0.1, 0.15) is 25.8 Å². The van der Waals surface area contributed by atoms with E-state index in [1.807, 2.05) is 6.07 Å². The fraction of sp³-hybridized carbons (Fsp3) is 0.571. The Hall–Kier alpha value is -1.22. The molecule has 3 nitrogen and oxygen atoms in total. The zero-order valence-corrected chi connectivity index (χ0v) is 10.9. The molecule has 0 amide bonds. The molecule has 1 fully saturated rings. The van der Waals surface area contributed by atoms with Crippen molar-refractivity contribution in [2.24, 2.45) is 0 Å². The molecule has 1 saturated heterocycles. The van der Waals surface area contributed by atoms with E-state index in [1.54, 1.807) is 0 Å². The molecule has 2 atom stereocenters. The first kappa shape index (κ1) is 12.2. The zero-order valence-electron chi connectivity index (χ0n) is 10.9. The van der Waals surface area contributed by atoms with Gasteiger partial charge in [0.1, 0.15) is 0 Å². The Morgan fingerprint density at radius 3 is 2.88 bits per heavy atom. The van der Waals surface area contributed by atoms with Crippen LogP contribution in [0.4, 0.5) is 11.4 Å². The third kappa shape index (κ3) is 2.55. The van der Waals surface area contributed by atoms with Gasteiger partial charge in [-0.2, -0.15) is 0 Å². The van der Waals surface area contributed by atoms with Crippen LogP contribution in [0.3, 0.4) is 0 Å². The molecule has 2 N–H and O–H groups in total. The monoisotopic (exact) mass is 234 g/mol. The number of benzene rings is 1. The van der Waals surface area contributed by atoms with Crippen molar-refractivity contribution in [3.8, 4) is 0 Å². The molecular weight excluding hydrogens is 212 g/mol. The van der Waals surface area contributed by atoms with Gasteiger partial charge in [0.2, 0.25) is 0 Å². The van der Waals surface area contributed by atoms with E-state index in [0.717, 1.165) is 30.8 Å². The van der Waals surface area contributed by atoms with Crippen molar-refractivity contribution in [2.45, 2.75) is 39.3 Å². The summed E-state index contributed by atoms with van der Waals surface area (Å²) in [5, 5.41) is 0. The van der Waals surface area contributed by atoms with Crippen LogP contribution < -0.4 is 10.6 Å². The van der Waals surface area contributed by atoms with E-state index >= 15 is 0 Å².